The van der Waals surface area contributed by atoms with Gasteiger partial charge in [0.15, 0.2) is 0 Å². The largest absolute Gasteiger partial charge is 0.480 e. The number of nitrogens with zero attached hydrogens (tertiary/aromatic N) is 1. The van der Waals surface area contributed by atoms with Crippen molar-refractivity contribution in [2.45, 2.75) is 51.5 Å². The smallest absolute Gasteiger partial charge is 0.407 e. The minimum Gasteiger partial charge on any atom is -0.480 e. The first-order valence-electron chi connectivity index (χ1n) is 11.9. The van der Waals surface area contributed by atoms with E-state index in [0.717, 1.165) is 24.0 Å². The standard InChI is InChI=1S/C27H32N2O5/c1-27(2,25(32)29-16-8-7-13-23(29)24(30)31)14-15-28-26(33)34-17-22-20-11-5-3-9-18(20)19-10-4-6-12-21(19)22/h3-6,9-12,22-23H,7-8,13-17H2,1-2H3,(H,28,33)(H,30,31)/t23-/m0/s1. The SMILES string of the molecule is CC(C)(CCNC(=O)OCC1c2ccccc2-c2ccccc21)C(=O)N1CCCC[C@H]1C(=O)O. The van der Waals surface area contributed by atoms with E-state index < -0.39 is 23.5 Å². The lowest BCUT2D eigenvalue weighted by Crippen LogP contribution is -2.52. The summed E-state index contributed by atoms with van der Waals surface area (Å²) in [5, 5.41) is 12.2. The molecule has 2 aromatic rings. The summed E-state index contributed by atoms with van der Waals surface area (Å²) in [5.74, 6) is -1.15. The van der Waals surface area contributed by atoms with Crippen molar-refractivity contribution in [3.05, 3.63) is 59.7 Å². The number of piperidine rings is 1. The topological polar surface area (TPSA) is 95.9 Å². The lowest BCUT2D eigenvalue weighted by molar-refractivity contribution is -0.156. The Morgan fingerprint density at radius 3 is 2.26 bits per heavy atom. The van der Waals surface area contributed by atoms with E-state index >= 15 is 0 Å². The van der Waals surface area contributed by atoms with Crippen molar-refractivity contribution in [1.82, 2.24) is 10.2 Å². The quantitative estimate of drug-likeness (QED) is 0.633. The maximum atomic E-state index is 13.1. The monoisotopic (exact) mass is 464 g/mol. The van der Waals surface area contributed by atoms with Crippen LogP contribution in [0.4, 0.5) is 4.79 Å². The summed E-state index contributed by atoms with van der Waals surface area (Å²) in [6, 6.07) is 15.6. The van der Waals surface area contributed by atoms with Crippen LogP contribution in [-0.2, 0) is 14.3 Å². The predicted molar refractivity (Wildman–Crippen MR) is 128 cm³/mol. The van der Waals surface area contributed by atoms with Crippen molar-refractivity contribution >= 4 is 18.0 Å². The zero-order valence-corrected chi connectivity index (χ0v) is 19.8. The number of likely N-dealkylation sites (tertiary alicyclic amines) is 1. The zero-order chi connectivity index (χ0) is 24.3. The Labute approximate surface area is 200 Å². The average Bonchev–Trinajstić information content (AvgIpc) is 3.16. The third kappa shape index (κ3) is 4.79. The maximum absolute atomic E-state index is 13.1. The fraction of sp³-hybridized carbons (Fsp3) is 0.444. The zero-order valence-electron chi connectivity index (χ0n) is 19.8. The van der Waals surface area contributed by atoms with E-state index in [1.165, 1.54) is 16.0 Å². The number of alkyl carbamates (subject to hydrolysis) is 1. The molecule has 7 heteroatoms. The molecule has 4 rings (SSSR count). The van der Waals surface area contributed by atoms with Gasteiger partial charge in [-0.2, -0.15) is 0 Å². The Balaban J connectivity index is 1.30. The molecule has 1 aliphatic carbocycles. The van der Waals surface area contributed by atoms with E-state index in [4.69, 9.17) is 4.74 Å². The first-order valence-corrected chi connectivity index (χ1v) is 11.9. The molecule has 1 atom stereocenters. The molecule has 0 unspecified atom stereocenters. The summed E-state index contributed by atoms with van der Waals surface area (Å²) < 4.78 is 5.56. The Bertz CT molecular complexity index is 1030. The van der Waals surface area contributed by atoms with Gasteiger partial charge in [-0.25, -0.2) is 9.59 Å². The van der Waals surface area contributed by atoms with Crippen LogP contribution in [0.15, 0.2) is 48.5 Å². The second-order valence-electron chi connectivity index (χ2n) is 9.73. The van der Waals surface area contributed by atoms with Gasteiger partial charge in [-0.1, -0.05) is 62.4 Å². The molecule has 7 nitrogen and oxygen atoms in total. The number of nitrogens with one attached hydrogen (secondary N) is 1. The Kier molecular flexibility index (Phi) is 6.91. The fourth-order valence-corrected chi connectivity index (χ4v) is 5.05. The van der Waals surface area contributed by atoms with Gasteiger partial charge in [0.05, 0.1) is 0 Å². The van der Waals surface area contributed by atoms with Crippen molar-refractivity contribution < 1.29 is 24.2 Å². The van der Waals surface area contributed by atoms with E-state index in [9.17, 15) is 19.5 Å². The second kappa shape index (κ2) is 9.87. The first kappa shape index (κ1) is 23.8. The molecule has 1 heterocycles. The number of carboxylic acids is 1. The lowest BCUT2D eigenvalue weighted by atomic mass is 9.86. The average molecular weight is 465 g/mol. The second-order valence-corrected chi connectivity index (χ2v) is 9.73. The number of benzene rings is 2. The highest BCUT2D eigenvalue weighted by Gasteiger charge is 2.39. The van der Waals surface area contributed by atoms with Gasteiger partial charge < -0.3 is 20.1 Å². The number of fused-ring (bicyclic) bond motifs is 3. The molecule has 2 aromatic carbocycles. The van der Waals surface area contributed by atoms with Gasteiger partial charge >= 0.3 is 12.1 Å². The van der Waals surface area contributed by atoms with Crippen LogP contribution in [0.1, 0.15) is 56.6 Å². The van der Waals surface area contributed by atoms with E-state index in [-0.39, 0.29) is 25.0 Å². The van der Waals surface area contributed by atoms with Crippen molar-refractivity contribution in [3.63, 3.8) is 0 Å². The van der Waals surface area contributed by atoms with Crippen LogP contribution >= 0.6 is 0 Å². The van der Waals surface area contributed by atoms with Gasteiger partial charge in [0.2, 0.25) is 5.91 Å². The van der Waals surface area contributed by atoms with E-state index in [1.807, 2.05) is 24.3 Å². The Morgan fingerprint density at radius 2 is 1.65 bits per heavy atom. The molecule has 1 saturated heterocycles. The third-order valence-electron chi connectivity index (χ3n) is 6.99. The van der Waals surface area contributed by atoms with E-state index in [1.54, 1.807) is 13.8 Å². The van der Waals surface area contributed by atoms with Gasteiger partial charge in [0.25, 0.3) is 0 Å². The maximum Gasteiger partial charge on any atom is 0.407 e. The third-order valence-corrected chi connectivity index (χ3v) is 6.99. The number of carboxylic acid groups (broad SMARTS) is 1. The number of aliphatic carboxylic acids is 1. The highest BCUT2D eigenvalue weighted by atomic mass is 16.5. The van der Waals surface area contributed by atoms with Crippen LogP contribution < -0.4 is 5.32 Å². The molecule has 2 N–H and O–H groups in total. The predicted octanol–water partition coefficient (Wildman–Crippen LogP) is 4.41. The number of amides is 2. The van der Waals surface area contributed by atoms with Crippen LogP contribution in [-0.4, -0.2) is 53.7 Å². The van der Waals surface area contributed by atoms with Crippen LogP contribution in [0.2, 0.25) is 0 Å². The molecule has 0 bridgehead atoms. The van der Waals surface area contributed by atoms with Crippen LogP contribution in [0, 0.1) is 5.41 Å². The lowest BCUT2D eigenvalue weighted by Gasteiger charge is -2.38. The number of hydrogen-bond donors (Lipinski definition) is 2. The molecule has 180 valence electrons. The van der Waals surface area contributed by atoms with Gasteiger partial charge in [-0.3, -0.25) is 4.79 Å². The van der Waals surface area contributed by atoms with Gasteiger partial charge in [-0.05, 0) is 47.9 Å². The fourth-order valence-electron chi connectivity index (χ4n) is 5.05. The molecular weight excluding hydrogens is 432 g/mol. The number of rotatable bonds is 7. The molecule has 0 saturated carbocycles. The number of carbonyl (C=O) groups is 3. The highest BCUT2D eigenvalue weighted by molar-refractivity contribution is 5.87. The minimum atomic E-state index is -0.958. The number of hydrogen-bond acceptors (Lipinski definition) is 4. The molecule has 2 amide bonds. The molecule has 1 fully saturated rings. The van der Waals surface area contributed by atoms with Crippen LogP contribution in [0.3, 0.4) is 0 Å². The van der Waals surface area contributed by atoms with Crippen molar-refractivity contribution in [3.8, 4) is 11.1 Å². The van der Waals surface area contributed by atoms with Crippen LogP contribution in [0.25, 0.3) is 11.1 Å². The summed E-state index contributed by atoms with van der Waals surface area (Å²) in [6.07, 6.45) is 1.97. The molecule has 2 aliphatic rings. The molecule has 1 aliphatic heterocycles. The molecule has 0 spiro atoms. The number of ether oxygens (including phenoxy) is 1. The summed E-state index contributed by atoms with van der Waals surface area (Å²) in [5.41, 5.74) is 3.85. The van der Waals surface area contributed by atoms with E-state index in [2.05, 4.69) is 29.6 Å². The molecular formula is C27H32N2O5. The van der Waals surface area contributed by atoms with Crippen molar-refractivity contribution in [1.29, 1.82) is 0 Å². The van der Waals surface area contributed by atoms with Gasteiger partial charge in [-0.15, -0.1) is 0 Å². The first-order chi connectivity index (χ1) is 16.3. The minimum absolute atomic E-state index is 0.0109. The van der Waals surface area contributed by atoms with Gasteiger partial charge in [0.1, 0.15) is 12.6 Å². The van der Waals surface area contributed by atoms with Crippen molar-refractivity contribution in [2.24, 2.45) is 5.41 Å². The summed E-state index contributed by atoms with van der Waals surface area (Å²) in [6.45, 7) is 4.54. The highest BCUT2D eigenvalue weighted by Crippen LogP contribution is 2.44. The normalized spacial score (nSPS) is 17.6. The molecule has 34 heavy (non-hydrogen) atoms. The Morgan fingerprint density at radius 1 is 1.03 bits per heavy atom. The van der Waals surface area contributed by atoms with Crippen LogP contribution in [0.5, 0.6) is 0 Å². The number of carbonyl (C=O) groups excluding carboxylic acids is 2. The summed E-state index contributed by atoms with van der Waals surface area (Å²) in [4.78, 5) is 38.5. The summed E-state index contributed by atoms with van der Waals surface area (Å²) in [7, 11) is 0. The Hall–Kier alpha value is -3.35. The molecule has 0 radical (unpaired) electrons. The van der Waals surface area contributed by atoms with Gasteiger partial charge in [0, 0.05) is 24.4 Å². The molecule has 0 aromatic heterocycles. The van der Waals surface area contributed by atoms with E-state index in [0.29, 0.717) is 19.4 Å². The summed E-state index contributed by atoms with van der Waals surface area (Å²) >= 11 is 0. The van der Waals surface area contributed by atoms with Crippen molar-refractivity contribution in [2.75, 3.05) is 19.7 Å².